The van der Waals surface area contributed by atoms with E-state index >= 15 is 0 Å². The molecular weight excluding hydrogens is 226 g/mol. The maximum atomic E-state index is 12.3. The van der Waals surface area contributed by atoms with Gasteiger partial charge in [0.25, 0.3) is 0 Å². The second-order valence-electron chi connectivity index (χ2n) is 4.96. The maximum absolute atomic E-state index is 12.3. The fraction of sp³-hybridized carbons (Fsp3) is 0.571. The molecule has 4 nitrogen and oxygen atoms in total. The number of nitrogens with zero attached hydrogens (tertiary/aromatic N) is 2. The molecule has 0 aliphatic heterocycles. The number of carbonyl (C=O) groups is 1. The van der Waals surface area contributed by atoms with Crippen molar-refractivity contribution in [2.24, 2.45) is 11.8 Å². The number of carbonyl (C=O) groups excluding carboxylic acids is 1. The molecule has 1 heterocycles. The predicted octanol–water partition coefficient (Wildman–Crippen LogP) is 1.53. The van der Waals surface area contributed by atoms with Gasteiger partial charge < -0.3 is 10.2 Å². The van der Waals surface area contributed by atoms with Gasteiger partial charge in [0.15, 0.2) is 0 Å². The summed E-state index contributed by atoms with van der Waals surface area (Å²) in [5.41, 5.74) is 1.10. The summed E-state index contributed by atoms with van der Waals surface area (Å²) in [5.74, 6) is 0.558. The Balaban J connectivity index is 2.65. The number of rotatable bonds is 6. The highest BCUT2D eigenvalue weighted by atomic mass is 16.2. The van der Waals surface area contributed by atoms with E-state index in [-0.39, 0.29) is 11.8 Å². The maximum Gasteiger partial charge on any atom is 0.227 e. The van der Waals surface area contributed by atoms with E-state index in [4.69, 9.17) is 0 Å². The summed E-state index contributed by atoms with van der Waals surface area (Å²) in [6.07, 6.45) is 3.50. The molecule has 1 aromatic heterocycles. The van der Waals surface area contributed by atoms with E-state index in [1.165, 1.54) is 0 Å². The predicted molar refractivity (Wildman–Crippen MR) is 73.0 cm³/mol. The normalized spacial score (nSPS) is 12.5. The summed E-state index contributed by atoms with van der Waals surface area (Å²) < 4.78 is 0. The van der Waals surface area contributed by atoms with Crippen LogP contribution in [0.2, 0.25) is 0 Å². The highest BCUT2D eigenvalue weighted by Gasteiger charge is 2.24. The van der Waals surface area contributed by atoms with Gasteiger partial charge in [-0.15, -0.1) is 0 Å². The molecular formula is C14H23N3O. The third kappa shape index (κ3) is 4.11. The molecule has 0 bridgehead atoms. The number of hydrogen-bond donors (Lipinski definition) is 1. The second kappa shape index (κ2) is 7.11. The lowest BCUT2D eigenvalue weighted by atomic mass is 9.94. The van der Waals surface area contributed by atoms with Crippen molar-refractivity contribution >= 4 is 5.91 Å². The summed E-state index contributed by atoms with van der Waals surface area (Å²) in [6.45, 7) is 5.52. The summed E-state index contributed by atoms with van der Waals surface area (Å²) in [4.78, 5) is 18.1. The fourth-order valence-corrected chi connectivity index (χ4v) is 1.95. The van der Waals surface area contributed by atoms with Crippen LogP contribution in [0.4, 0.5) is 0 Å². The van der Waals surface area contributed by atoms with Crippen LogP contribution in [0.5, 0.6) is 0 Å². The molecule has 0 aromatic carbocycles. The van der Waals surface area contributed by atoms with Gasteiger partial charge in [-0.2, -0.15) is 0 Å². The van der Waals surface area contributed by atoms with E-state index in [1.807, 2.05) is 26.2 Å². The monoisotopic (exact) mass is 249 g/mol. The third-order valence-corrected chi connectivity index (χ3v) is 3.09. The van der Waals surface area contributed by atoms with Crippen LogP contribution < -0.4 is 5.32 Å². The number of nitrogens with one attached hydrogen (secondary N) is 1. The fourth-order valence-electron chi connectivity index (χ4n) is 1.95. The third-order valence-electron chi connectivity index (χ3n) is 3.09. The zero-order valence-corrected chi connectivity index (χ0v) is 11.7. The molecule has 1 amide bonds. The quantitative estimate of drug-likeness (QED) is 0.831. The molecule has 0 saturated carbocycles. The Morgan fingerprint density at radius 2 is 2.00 bits per heavy atom. The Morgan fingerprint density at radius 3 is 2.50 bits per heavy atom. The highest BCUT2D eigenvalue weighted by Crippen LogP contribution is 2.14. The van der Waals surface area contributed by atoms with E-state index < -0.39 is 0 Å². The summed E-state index contributed by atoms with van der Waals surface area (Å²) >= 11 is 0. The van der Waals surface area contributed by atoms with Gasteiger partial charge in [-0.05, 0) is 30.7 Å². The first-order valence-corrected chi connectivity index (χ1v) is 6.34. The van der Waals surface area contributed by atoms with Gasteiger partial charge in [0.2, 0.25) is 5.91 Å². The first kappa shape index (κ1) is 14.6. The van der Waals surface area contributed by atoms with Gasteiger partial charge in [-0.1, -0.05) is 13.8 Å². The SMILES string of the molecule is CNCC(C(=O)N(C)Cc1ccncc1)C(C)C. The first-order chi connectivity index (χ1) is 8.56. The number of amides is 1. The number of aromatic nitrogens is 1. The van der Waals surface area contributed by atoms with E-state index in [1.54, 1.807) is 17.3 Å². The Morgan fingerprint density at radius 1 is 1.39 bits per heavy atom. The molecule has 0 radical (unpaired) electrons. The molecule has 0 fully saturated rings. The van der Waals surface area contributed by atoms with Gasteiger partial charge in [-0.25, -0.2) is 0 Å². The topological polar surface area (TPSA) is 45.2 Å². The zero-order valence-electron chi connectivity index (χ0n) is 11.7. The second-order valence-corrected chi connectivity index (χ2v) is 4.96. The molecule has 1 unspecified atom stereocenters. The average molecular weight is 249 g/mol. The van der Waals surface area contributed by atoms with E-state index in [9.17, 15) is 4.79 Å². The average Bonchev–Trinajstić information content (AvgIpc) is 2.36. The molecule has 0 aliphatic carbocycles. The summed E-state index contributed by atoms with van der Waals surface area (Å²) in [5, 5.41) is 3.09. The van der Waals surface area contributed by atoms with Crippen LogP contribution in [0.3, 0.4) is 0 Å². The minimum atomic E-state index is 0.0295. The Hall–Kier alpha value is -1.42. The van der Waals surface area contributed by atoms with Crippen LogP contribution in [0, 0.1) is 11.8 Å². The first-order valence-electron chi connectivity index (χ1n) is 6.34. The largest absolute Gasteiger partial charge is 0.341 e. The van der Waals surface area contributed by atoms with Gasteiger partial charge >= 0.3 is 0 Å². The van der Waals surface area contributed by atoms with Crippen molar-refractivity contribution in [1.82, 2.24) is 15.2 Å². The van der Waals surface area contributed by atoms with Crippen LogP contribution >= 0.6 is 0 Å². The molecule has 0 aliphatic rings. The summed E-state index contributed by atoms with van der Waals surface area (Å²) in [6, 6.07) is 3.87. The minimum Gasteiger partial charge on any atom is -0.341 e. The molecule has 0 spiro atoms. The van der Waals surface area contributed by atoms with Crippen LogP contribution in [0.1, 0.15) is 19.4 Å². The molecule has 0 saturated heterocycles. The van der Waals surface area contributed by atoms with E-state index in [0.717, 1.165) is 12.1 Å². The number of hydrogen-bond acceptors (Lipinski definition) is 3. The number of pyridine rings is 1. The van der Waals surface area contributed by atoms with Crippen molar-refractivity contribution in [1.29, 1.82) is 0 Å². The Labute approximate surface area is 109 Å². The molecule has 1 atom stereocenters. The lowest BCUT2D eigenvalue weighted by molar-refractivity contribution is -0.136. The van der Waals surface area contributed by atoms with Gasteiger partial charge in [-0.3, -0.25) is 9.78 Å². The molecule has 100 valence electrons. The van der Waals surface area contributed by atoms with Crippen LogP contribution in [0.15, 0.2) is 24.5 Å². The molecule has 18 heavy (non-hydrogen) atoms. The smallest absolute Gasteiger partial charge is 0.227 e. The standard InChI is InChI=1S/C14H23N3O/c1-11(2)13(9-15-3)14(18)17(4)10-12-5-7-16-8-6-12/h5-8,11,13,15H,9-10H2,1-4H3. The molecule has 4 heteroatoms. The molecule has 1 aromatic rings. The highest BCUT2D eigenvalue weighted by molar-refractivity contribution is 5.79. The van der Waals surface area contributed by atoms with E-state index in [0.29, 0.717) is 12.5 Å². The van der Waals surface area contributed by atoms with Crippen LogP contribution in [0.25, 0.3) is 0 Å². The lowest BCUT2D eigenvalue weighted by Gasteiger charge is -2.26. The van der Waals surface area contributed by atoms with Crippen molar-refractivity contribution in [3.05, 3.63) is 30.1 Å². The lowest BCUT2D eigenvalue weighted by Crippen LogP contribution is -2.39. The molecule has 1 N–H and O–H groups in total. The van der Waals surface area contributed by atoms with Gasteiger partial charge in [0.05, 0.1) is 5.92 Å². The Kier molecular flexibility index (Phi) is 5.78. The van der Waals surface area contributed by atoms with Crippen molar-refractivity contribution in [2.45, 2.75) is 20.4 Å². The van der Waals surface area contributed by atoms with Crippen LogP contribution in [-0.4, -0.2) is 36.4 Å². The van der Waals surface area contributed by atoms with Crippen LogP contribution in [-0.2, 0) is 11.3 Å². The van der Waals surface area contributed by atoms with Crippen molar-refractivity contribution in [2.75, 3.05) is 20.6 Å². The van der Waals surface area contributed by atoms with Crippen molar-refractivity contribution in [3.63, 3.8) is 0 Å². The van der Waals surface area contributed by atoms with E-state index in [2.05, 4.69) is 24.1 Å². The minimum absolute atomic E-state index is 0.0295. The Bertz CT molecular complexity index is 365. The van der Waals surface area contributed by atoms with Crippen molar-refractivity contribution in [3.8, 4) is 0 Å². The van der Waals surface area contributed by atoms with Crippen molar-refractivity contribution < 1.29 is 4.79 Å². The zero-order chi connectivity index (χ0) is 13.5. The van der Waals surface area contributed by atoms with Gasteiger partial charge in [0, 0.05) is 32.5 Å². The van der Waals surface area contributed by atoms with Gasteiger partial charge in [0.1, 0.15) is 0 Å². The molecule has 1 rings (SSSR count). The summed E-state index contributed by atoms with van der Waals surface area (Å²) in [7, 11) is 3.74.